The Balaban J connectivity index is 2.17. The monoisotopic (exact) mass is 303 g/mol. The van der Waals surface area contributed by atoms with Crippen molar-refractivity contribution in [1.82, 2.24) is 0 Å². The zero-order chi connectivity index (χ0) is 15.2. The van der Waals surface area contributed by atoms with E-state index in [9.17, 15) is 4.79 Å². The van der Waals surface area contributed by atoms with Crippen LogP contribution in [0.25, 0.3) is 0 Å². The number of anilines is 1. The molecule has 1 amide bonds. The summed E-state index contributed by atoms with van der Waals surface area (Å²) >= 11 is 5.71. The molecule has 0 fully saturated rings. The van der Waals surface area contributed by atoms with Gasteiger partial charge in [0.05, 0.1) is 5.69 Å². The first-order valence-electron chi connectivity index (χ1n) is 6.80. The summed E-state index contributed by atoms with van der Waals surface area (Å²) in [6, 6.07) is 15.1. The highest BCUT2D eigenvalue weighted by Gasteiger charge is 2.14. The van der Waals surface area contributed by atoms with E-state index < -0.39 is 0 Å². The van der Waals surface area contributed by atoms with E-state index in [1.165, 1.54) is 5.56 Å². The van der Waals surface area contributed by atoms with E-state index in [-0.39, 0.29) is 17.7 Å². The molecule has 2 aromatic carbocycles. The average Bonchev–Trinajstić information content (AvgIpc) is 2.50. The minimum Gasteiger partial charge on any atom is -0.455 e. The number of rotatable bonds is 5. The molecule has 2 rings (SSSR count). The van der Waals surface area contributed by atoms with Crippen molar-refractivity contribution in [2.75, 3.05) is 11.2 Å². The van der Waals surface area contributed by atoms with Crippen LogP contribution in [0.3, 0.4) is 0 Å². The minimum absolute atomic E-state index is 0.120. The lowest BCUT2D eigenvalue weighted by Crippen LogP contribution is -2.21. The van der Waals surface area contributed by atoms with Crippen LogP contribution in [0.15, 0.2) is 48.5 Å². The highest BCUT2D eigenvalue weighted by Crippen LogP contribution is 2.29. The topological polar surface area (TPSA) is 38.3 Å². The smallest absolute Gasteiger partial charge is 0.228 e. The van der Waals surface area contributed by atoms with Crippen LogP contribution in [-0.2, 0) is 4.79 Å². The number of carbonyl (C=O) groups is 1. The van der Waals surface area contributed by atoms with Gasteiger partial charge < -0.3 is 10.1 Å². The molecule has 1 atom stereocenters. The van der Waals surface area contributed by atoms with Crippen LogP contribution in [0.5, 0.6) is 11.5 Å². The number of nitrogens with one attached hydrogen (secondary N) is 1. The Hall–Kier alpha value is -2.00. The average molecular weight is 304 g/mol. The van der Waals surface area contributed by atoms with Crippen molar-refractivity contribution in [2.24, 2.45) is 5.92 Å². The molecule has 0 saturated carbocycles. The standard InChI is InChI=1S/C17H18ClNO2/c1-12-7-9-14(10-8-12)21-16-6-4-3-5-15(16)19-17(20)13(2)11-18/h3-10,13H,11H2,1-2H3,(H,19,20). The summed E-state index contributed by atoms with van der Waals surface area (Å²) < 4.78 is 5.83. The SMILES string of the molecule is Cc1ccc(Oc2ccccc2NC(=O)C(C)CCl)cc1. The Morgan fingerprint density at radius 3 is 2.52 bits per heavy atom. The first-order chi connectivity index (χ1) is 10.1. The molecular weight excluding hydrogens is 286 g/mol. The normalized spacial score (nSPS) is 11.8. The Morgan fingerprint density at radius 1 is 1.19 bits per heavy atom. The van der Waals surface area contributed by atoms with Gasteiger partial charge in [0.15, 0.2) is 5.75 Å². The van der Waals surface area contributed by atoms with Crippen LogP contribution in [0.1, 0.15) is 12.5 Å². The zero-order valence-electron chi connectivity index (χ0n) is 12.1. The fourth-order valence-electron chi connectivity index (χ4n) is 1.72. The van der Waals surface area contributed by atoms with Crippen LogP contribution in [0.2, 0.25) is 0 Å². The summed E-state index contributed by atoms with van der Waals surface area (Å²) in [5.41, 5.74) is 1.81. The number of para-hydroxylation sites is 2. The number of benzene rings is 2. The molecule has 3 nitrogen and oxygen atoms in total. The molecule has 21 heavy (non-hydrogen) atoms. The number of alkyl halides is 1. The maximum atomic E-state index is 11.9. The third kappa shape index (κ3) is 4.23. The van der Waals surface area contributed by atoms with Gasteiger partial charge in [-0.3, -0.25) is 4.79 Å². The van der Waals surface area contributed by atoms with Crippen molar-refractivity contribution in [3.8, 4) is 11.5 Å². The van der Waals surface area contributed by atoms with E-state index >= 15 is 0 Å². The number of ether oxygens (including phenoxy) is 1. The second-order valence-electron chi connectivity index (χ2n) is 4.96. The Kier molecular flexibility index (Phi) is 5.23. The first-order valence-corrected chi connectivity index (χ1v) is 7.34. The number of hydrogen-bond acceptors (Lipinski definition) is 2. The van der Waals surface area contributed by atoms with Gasteiger partial charge in [0.1, 0.15) is 5.75 Å². The number of halogens is 1. The molecule has 1 N–H and O–H groups in total. The van der Waals surface area contributed by atoms with E-state index in [0.29, 0.717) is 11.4 Å². The van der Waals surface area contributed by atoms with Crippen LogP contribution < -0.4 is 10.1 Å². The molecule has 0 saturated heterocycles. The van der Waals surface area contributed by atoms with E-state index in [1.54, 1.807) is 6.92 Å². The van der Waals surface area contributed by atoms with Crippen molar-refractivity contribution in [2.45, 2.75) is 13.8 Å². The predicted octanol–water partition coefficient (Wildman–Crippen LogP) is 4.60. The van der Waals surface area contributed by atoms with Crippen LogP contribution in [-0.4, -0.2) is 11.8 Å². The van der Waals surface area contributed by atoms with Gasteiger partial charge in [-0.05, 0) is 31.2 Å². The van der Waals surface area contributed by atoms with Gasteiger partial charge in [0.2, 0.25) is 5.91 Å². The number of hydrogen-bond donors (Lipinski definition) is 1. The lowest BCUT2D eigenvalue weighted by Gasteiger charge is -2.14. The molecule has 4 heteroatoms. The molecule has 0 spiro atoms. The molecule has 110 valence electrons. The van der Waals surface area contributed by atoms with E-state index in [1.807, 2.05) is 55.5 Å². The van der Waals surface area contributed by atoms with Crippen molar-refractivity contribution >= 4 is 23.2 Å². The van der Waals surface area contributed by atoms with Gasteiger partial charge in [-0.25, -0.2) is 0 Å². The molecule has 0 aliphatic heterocycles. The van der Waals surface area contributed by atoms with Crippen LogP contribution >= 0.6 is 11.6 Å². The molecule has 0 heterocycles. The van der Waals surface area contributed by atoms with Crippen molar-refractivity contribution in [3.63, 3.8) is 0 Å². The van der Waals surface area contributed by atoms with Gasteiger partial charge in [-0.1, -0.05) is 36.8 Å². The fraction of sp³-hybridized carbons (Fsp3) is 0.235. The van der Waals surface area contributed by atoms with Crippen LogP contribution in [0, 0.1) is 12.8 Å². The Morgan fingerprint density at radius 2 is 1.86 bits per heavy atom. The molecular formula is C17H18ClNO2. The van der Waals surface area contributed by atoms with Crippen molar-refractivity contribution < 1.29 is 9.53 Å². The number of carbonyl (C=O) groups excluding carboxylic acids is 1. The third-order valence-corrected chi connectivity index (χ3v) is 3.54. The van der Waals surface area contributed by atoms with Gasteiger partial charge in [-0.2, -0.15) is 0 Å². The fourth-order valence-corrected chi connectivity index (χ4v) is 1.86. The Bertz CT molecular complexity index is 610. The molecule has 0 aliphatic rings. The van der Waals surface area contributed by atoms with Gasteiger partial charge >= 0.3 is 0 Å². The van der Waals surface area contributed by atoms with Crippen molar-refractivity contribution in [1.29, 1.82) is 0 Å². The summed E-state index contributed by atoms with van der Waals surface area (Å²) in [6.07, 6.45) is 0. The second-order valence-corrected chi connectivity index (χ2v) is 5.26. The lowest BCUT2D eigenvalue weighted by atomic mass is 10.2. The third-order valence-electron chi connectivity index (χ3n) is 3.07. The Labute approximate surface area is 129 Å². The van der Waals surface area contributed by atoms with Gasteiger partial charge in [0, 0.05) is 11.8 Å². The largest absolute Gasteiger partial charge is 0.455 e. The highest BCUT2D eigenvalue weighted by molar-refractivity contribution is 6.19. The molecule has 2 aromatic rings. The van der Waals surface area contributed by atoms with Crippen LogP contribution in [0.4, 0.5) is 5.69 Å². The maximum absolute atomic E-state index is 11.9. The summed E-state index contributed by atoms with van der Waals surface area (Å²) in [5, 5.41) is 2.84. The maximum Gasteiger partial charge on any atom is 0.228 e. The quantitative estimate of drug-likeness (QED) is 0.820. The minimum atomic E-state index is -0.251. The second kappa shape index (κ2) is 7.14. The number of aryl methyl sites for hydroxylation is 1. The van der Waals surface area contributed by atoms with Gasteiger partial charge in [0.25, 0.3) is 0 Å². The predicted molar refractivity (Wildman–Crippen MR) is 86.2 cm³/mol. The summed E-state index contributed by atoms with van der Waals surface area (Å²) in [5.74, 6) is 1.25. The summed E-state index contributed by atoms with van der Waals surface area (Å²) in [7, 11) is 0. The first kappa shape index (κ1) is 15.4. The molecule has 0 aliphatic carbocycles. The lowest BCUT2D eigenvalue weighted by molar-refractivity contribution is -0.118. The molecule has 0 aromatic heterocycles. The summed E-state index contributed by atoms with van der Waals surface area (Å²) in [4.78, 5) is 11.9. The number of amides is 1. The summed E-state index contributed by atoms with van der Waals surface area (Å²) in [6.45, 7) is 3.80. The molecule has 0 radical (unpaired) electrons. The highest BCUT2D eigenvalue weighted by atomic mass is 35.5. The molecule has 1 unspecified atom stereocenters. The zero-order valence-corrected chi connectivity index (χ0v) is 12.9. The van der Waals surface area contributed by atoms with E-state index in [0.717, 1.165) is 5.75 Å². The van der Waals surface area contributed by atoms with Gasteiger partial charge in [-0.15, -0.1) is 11.6 Å². The van der Waals surface area contributed by atoms with E-state index in [4.69, 9.17) is 16.3 Å². The van der Waals surface area contributed by atoms with E-state index in [2.05, 4.69) is 5.32 Å². The molecule has 0 bridgehead atoms. The van der Waals surface area contributed by atoms with Crippen molar-refractivity contribution in [3.05, 3.63) is 54.1 Å².